The van der Waals surface area contributed by atoms with Crippen molar-refractivity contribution in [3.63, 3.8) is 0 Å². The maximum Gasteiger partial charge on any atom is 0.324 e. The van der Waals surface area contributed by atoms with Crippen LogP contribution in [-0.4, -0.2) is 57.0 Å². The quantitative estimate of drug-likeness (QED) is 0.754. The molecule has 1 fully saturated rings. The van der Waals surface area contributed by atoms with Crippen LogP contribution < -0.4 is 16.0 Å². The minimum atomic E-state index is -0.570. The van der Waals surface area contributed by atoms with Crippen LogP contribution in [0, 0.1) is 0 Å². The molecule has 3 N–H and O–H groups in total. The van der Waals surface area contributed by atoms with Crippen molar-refractivity contribution in [1.29, 1.82) is 0 Å². The molecule has 2 aliphatic rings. The van der Waals surface area contributed by atoms with E-state index in [1.54, 1.807) is 0 Å². The molecule has 1 saturated heterocycles. The summed E-state index contributed by atoms with van der Waals surface area (Å²) in [6, 6.07) is -0.941. The lowest BCUT2D eigenvalue weighted by molar-refractivity contribution is -0.121. The lowest BCUT2D eigenvalue weighted by Crippen LogP contribution is -2.48. The third-order valence-corrected chi connectivity index (χ3v) is 6.91. The maximum absolute atomic E-state index is 12.9. The van der Waals surface area contributed by atoms with Gasteiger partial charge < -0.3 is 15.5 Å². The number of aromatic nitrogens is 3. The smallest absolute Gasteiger partial charge is 0.324 e. The Morgan fingerprint density at radius 3 is 2.73 bits per heavy atom. The van der Waals surface area contributed by atoms with Crippen molar-refractivity contribution in [1.82, 2.24) is 19.9 Å². The van der Waals surface area contributed by atoms with E-state index in [-0.39, 0.29) is 12.1 Å². The third kappa shape index (κ3) is 3.60. The normalized spacial score (nSPS) is 19.9. The predicted octanol–water partition coefficient (Wildman–Crippen LogP) is 2.42. The van der Waals surface area contributed by atoms with Gasteiger partial charge in [0.15, 0.2) is 5.13 Å². The molecule has 2 aromatic rings. The number of aryl methyl sites for hydroxylation is 2. The van der Waals surface area contributed by atoms with Crippen LogP contribution in [0.3, 0.4) is 0 Å². The lowest BCUT2D eigenvalue weighted by atomic mass is 10.00. The number of carbonyl (C=O) groups excluding carboxylic acids is 2. The summed E-state index contributed by atoms with van der Waals surface area (Å²) in [7, 11) is 0. The van der Waals surface area contributed by atoms with Gasteiger partial charge in [0.1, 0.15) is 6.04 Å². The van der Waals surface area contributed by atoms with Crippen LogP contribution in [0.4, 0.5) is 15.9 Å². The Labute approximate surface area is 179 Å². The second-order valence-corrected chi connectivity index (χ2v) is 8.69. The number of urea groups is 1. The van der Waals surface area contributed by atoms with Crippen molar-refractivity contribution in [2.24, 2.45) is 5.73 Å². The van der Waals surface area contributed by atoms with Gasteiger partial charge in [0.2, 0.25) is 11.9 Å². The molecule has 9 nitrogen and oxygen atoms in total. The number of anilines is 2. The molecule has 0 bridgehead atoms. The van der Waals surface area contributed by atoms with Gasteiger partial charge in [0.25, 0.3) is 0 Å². The van der Waals surface area contributed by atoms with Gasteiger partial charge in [-0.1, -0.05) is 11.3 Å². The number of nitrogens with two attached hydrogens (primary N) is 1. The zero-order valence-electron chi connectivity index (χ0n) is 17.5. The maximum atomic E-state index is 12.9. The van der Waals surface area contributed by atoms with Crippen LogP contribution in [0.2, 0.25) is 0 Å². The molecule has 4 rings (SSSR count). The standard InChI is InChI=1S/C20H27N7O2S/c1-4-26(5-2)18-22-10-12-7-8-13-16(15(12)24-18)30-19(23-13)25-20(29)27-11(3)6-9-14(27)17(21)28/h10-11,14H,4-9H2,1-3H3,(H2,21,28)(H,23,25,29). The number of carbonyl (C=O) groups is 2. The van der Waals surface area contributed by atoms with E-state index in [1.807, 2.05) is 13.1 Å². The monoisotopic (exact) mass is 429 g/mol. The predicted molar refractivity (Wildman–Crippen MR) is 117 cm³/mol. The molecule has 0 spiro atoms. The summed E-state index contributed by atoms with van der Waals surface area (Å²) in [5, 5.41) is 3.40. The first-order valence-corrected chi connectivity index (χ1v) is 11.2. The van der Waals surface area contributed by atoms with Crippen LogP contribution in [0.25, 0.3) is 10.6 Å². The molecule has 3 amide bonds. The Hall–Kier alpha value is -2.75. The Balaban J connectivity index is 1.60. The van der Waals surface area contributed by atoms with Crippen LogP contribution in [0.1, 0.15) is 44.9 Å². The van der Waals surface area contributed by atoms with E-state index in [4.69, 9.17) is 10.7 Å². The summed E-state index contributed by atoms with van der Waals surface area (Å²) < 4.78 is 0. The van der Waals surface area contributed by atoms with E-state index < -0.39 is 11.9 Å². The molecule has 2 atom stereocenters. The van der Waals surface area contributed by atoms with Crippen molar-refractivity contribution in [2.45, 2.75) is 58.5 Å². The number of hydrogen-bond donors (Lipinski definition) is 2. The fraction of sp³-hybridized carbons (Fsp3) is 0.550. The fourth-order valence-corrected chi connectivity index (χ4v) is 5.24. The van der Waals surface area contributed by atoms with Gasteiger partial charge in [-0.15, -0.1) is 0 Å². The van der Waals surface area contributed by atoms with E-state index in [0.717, 1.165) is 54.2 Å². The first-order valence-electron chi connectivity index (χ1n) is 10.4. The van der Waals surface area contributed by atoms with E-state index in [2.05, 4.69) is 34.0 Å². The number of fused-ring (bicyclic) bond motifs is 3. The van der Waals surface area contributed by atoms with Gasteiger partial charge in [-0.25, -0.2) is 19.7 Å². The Morgan fingerprint density at radius 1 is 1.27 bits per heavy atom. The minimum absolute atomic E-state index is 0.0396. The van der Waals surface area contributed by atoms with Crippen molar-refractivity contribution in [3.05, 3.63) is 17.5 Å². The molecule has 1 aliphatic heterocycles. The largest absolute Gasteiger partial charge is 0.368 e. The summed E-state index contributed by atoms with van der Waals surface area (Å²) >= 11 is 1.42. The number of primary amides is 1. The lowest BCUT2D eigenvalue weighted by Gasteiger charge is -2.26. The topological polar surface area (TPSA) is 117 Å². The number of nitrogens with zero attached hydrogens (tertiary/aromatic N) is 5. The van der Waals surface area contributed by atoms with E-state index >= 15 is 0 Å². The molecule has 160 valence electrons. The number of rotatable bonds is 5. The van der Waals surface area contributed by atoms with Crippen molar-refractivity contribution in [2.75, 3.05) is 23.3 Å². The molecular weight excluding hydrogens is 402 g/mol. The molecule has 0 saturated carbocycles. The fourth-order valence-electron chi connectivity index (χ4n) is 4.21. The zero-order chi connectivity index (χ0) is 21.4. The Kier molecular flexibility index (Phi) is 5.59. The molecule has 0 aromatic carbocycles. The average Bonchev–Trinajstić information content (AvgIpc) is 3.32. The first-order chi connectivity index (χ1) is 14.4. The number of hydrogen-bond acceptors (Lipinski definition) is 7. The van der Waals surface area contributed by atoms with Gasteiger partial charge in [0.05, 0.1) is 16.3 Å². The highest BCUT2D eigenvalue weighted by Crippen LogP contribution is 2.39. The van der Waals surface area contributed by atoms with Gasteiger partial charge in [0, 0.05) is 25.3 Å². The molecule has 0 radical (unpaired) electrons. The Bertz CT molecular complexity index is 972. The third-order valence-electron chi connectivity index (χ3n) is 5.89. The summed E-state index contributed by atoms with van der Waals surface area (Å²) in [5.41, 5.74) is 8.42. The second kappa shape index (κ2) is 8.17. The molecule has 2 aromatic heterocycles. The SMILES string of the molecule is CCN(CC)c1ncc2c(n1)-c1sc(NC(=O)N3C(C)CCC3C(N)=O)nc1CC2. The summed E-state index contributed by atoms with van der Waals surface area (Å²) in [5.74, 6) is 0.239. The first kappa shape index (κ1) is 20.5. The summed E-state index contributed by atoms with van der Waals surface area (Å²) in [4.78, 5) is 43.2. The van der Waals surface area contributed by atoms with Gasteiger partial charge in [-0.05, 0) is 52.0 Å². The van der Waals surface area contributed by atoms with Crippen LogP contribution in [0.15, 0.2) is 6.20 Å². The van der Waals surface area contributed by atoms with Crippen molar-refractivity contribution >= 4 is 34.4 Å². The highest BCUT2D eigenvalue weighted by Gasteiger charge is 2.38. The van der Waals surface area contributed by atoms with E-state index in [9.17, 15) is 9.59 Å². The second-order valence-electron chi connectivity index (χ2n) is 7.69. The number of thiazole rings is 1. The highest BCUT2D eigenvalue weighted by molar-refractivity contribution is 7.19. The molecule has 2 unspecified atom stereocenters. The van der Waals surface area contributed by atoms with Crippen LogP contribution in [-0.2, 0) is 17.6 Å². The molecule has 30 heavy (non-hydrogen) atoms. The number of likely N-dealkylation sites (tertiary alicyclic amines) is 1. The highest BCUT2D eigenvalue weighted by atomic mass is 32.1. The molecular formula is C20H27N7O2S. The van der Waals surface area contributed by atoms with Crippen molar-refractivity contribution < 1.29 is 9.59 Å². The van der Waals surface area contributed by atoms with E-state index in [1.165, 1.54) is 16.2 Å². The Morgan fingerprint density at radius 2 is 2.03 bits per heavy atom. The van der Waals surface area contributed by atoms with Gasteiger partial charge in [-0.2, -0.15) is 0 Å². The number of amides is 3. The average molecular weight is 430 g/mol. The molecule has 10 heteroatoms. The zero-order valence-corrected chi connectivity index (χ0v) is 18.3. The minimum Gasteiger partial charge on any atom is -0.368 e. The van der Waals surface area contributed by atoms with Crippen LogP contribution in [0.5, 0.6) is 0 Å². The van der Waals surface area contributed by atoms with Gasteiger partial charge >= 0.3 is 6.03 Å². The number of nitrogens with one attached hydrogen (secondary N) is 1. The van der Waals surface area contributed by atoms with Crippen LogP contribution >= 0.6 is 11.3 Å². The van der Waals surface area contributed by atoms with E-state index in [0.29, 0.717) is 17.5 Å². The summed E-state index contributed by atoms with van der Waals surface area (Å²) in [6.45, 7) is 7.76. The van der Waals surface area contributed by atoms with Gasteiger partial charge in [-0.3, -0.25) is 10.1 Å². The molecule has 3 heterocycles. The summed E-state index contributed by atoms with van der Waals surface area (Å²) in [6.07, 6.45) is 4.86. The molecule has 1 aliphatic carbocycles. The van der Waals surface area contributed by atoms with Crippen molar-refractivity contribution in [3.8, 4) is 10.6 Å².